The zero-order chi connectivity index (χ0) is 19.8. The van der Waals surface area contributed by atoms with E-state index in [1.165, 1.54) is 17.0 Å². The number of alkyl halides is 3. The minimum Gasteiger partial charge on any atom is -0.368 e. The highest BCUT2D eigenvalue weighted by atomic mass is 35.5. The molecule has 2 N–H and O–H groups in total. The monoisotopic (exact) mass is 402 g/mol. The van der Waals surface area contributed by atoms with E-state index in [1.54, 1.807) is 4.90 Å². The second-order valence-corrected chi connectivity index (χ2v) is 6.35. The lowest BCUT2D eigenvalue weighted by Gasteiger charge is -2.36. The summed E-state index contributed by atoms with van der Waals surface area (Å²) < 4.78 is 38.4. The third-order valence-corrected chi connectivity index (χ3v) is 4.49. The minimum absolute atomic E-state index is 0.116. The van der Waals surface area contributed by atoms with Gasteiger partial charge >= 0.3 is 11.9 Å². The van der Waals surface area contributed by atoms with Gasteiger partial charge in [0.15, 0.2) is 0 Å². The smallest absolute Gasteiger partial charge is 0.368 e. The van der Waals surface area contributed by atoms with E-state index in [-0.39, 0.29) is 23.8 Å². The molecule has 27 heavy (non-hydrogen) atoms. The van der Waals surface area contributed by atoms with Crippen molar-refractivity contribution < 1.29 is 18.0 Å². The van der Waals surface area contributed by atoms with Crippen molar-refractivity contribution in [1.82, 2.24) is 14.9 Å². The maximum absolute atomic E-state index is 12.8. The van der Waals surface area contributed by atoms with Crippen LogP contribution in [0.1, 0.15) is 16.1 Å². The highest BCUT2D eigenvalue weighted by Gasteiger charge is 2.33. The lowest BCUT2D eigenvalue weighted by Crippen LogP contribution is -2.49. The summed E-state index contributed by atoms with van der Waals surface area (Å²) in [5.41, 5.74) is -1.96. The van der Waals surface area contributed by atoms with Crippen LogP contribution >= 0.6 is 11.6 Å². The number of rotatable bonds is 2. The number of H-pyrrole nitrogens is 2. The van der Waals surface area contributed by atoms with Gasteiger partial charge in [0.2, 0.25) is 0 Å². The summed E-state index contributed by atoms with van der Waals surface area (Å²) >= 11 is 5.74. The summed E-state index contributed by atoms with van der Waals surface area (Å²) in [4.78, 5) is 42.5. The number of aromatic nitrogens is 2. The number of nitrogens with one attached hydrogen (secondary N) is 2. The molecule has 0 unspecified atom stereocenters. The Hall–Kier alpha value is -2.75. The first-order valence-electron chi connectivity index (χ1n) is 7.90. The van der Waals surface area contributed by atoms with Crippen LogP contribution in [-0.2, 0) is 6.18 Å². The summed E-state index contributed by atoms with van der Waals surface area (Å²) in [6, 6.07) is 4.51. The van der Waals surface area contributed by atoms with Gasteiger partial charge in [-0.1, -0.05) is 11.6 Å². The normalized spacial score (nSPS) is 15.1. The number of piperazine rings is 1. The van der Waals surface area contributed by atoms with Crippen molar-refractivity contribution in [2.45, 2.75) is 6.18 Å². The predicted molar refractivity (Wildman–Crippen MR) is 92.3 cm³/mol. The average molecular weight is 403 g/mol. The molecule has 1 saturated heterocycles. The summed E-state index contributed by atoms with van der Waals surface area (Å²) in [7, 11) is 0. The molecule has 2 heterocycles. The van der Waals surface area contributed by atoms with E-state index in [2.05, 4.69) is 4.98 Å². The fraction of sp³-hybridized carbons (Fsp3) is 0.312. The Kier molecular flexibility index (Phi) is 5.01. The number of carbonyl (C=O) groups excluding carboxylic acids is 1. The Bertz CT molecular complexity index is 950. The van der Waals surface area contributed by atoms with Crippen molar-refractivity contribution in [1.29, 1.82) is 0 Å². The molecule has 144 valence electrons. The Morgan fingerprint density at radius 1 is 1.04 bits per heavy atom. The van der Waals surface area contributed by atoms with Gasteiger partial charge in [-0.05, 0) is 18.2 Å². The van der Waals surface area contributed by atoms with Crippen molar-refractivity contribution in [2.75, 3.05) is 31.1 Å². The molecule has 1 aliphatic rings. The van der Waals surface area contributed by atoms with Gasteiger partial charge in [-0.3, -0.25) is 14.6 Å². The van der Waals surface area contributed by atoms with Gasteiger partial charge in [-0.25, -0.2) is 4.79 Å². The SMILES string of the molecule is O=C(c1cc(=O)[nH]c(=O)[nH]1)N1CCN(c2ccc(C(F)(F)F)c(Cl)c2)CC1. The van der Waals surface area contributed by atoms with Crippen LogP contribution in [0.4, 0.5) is 18.9 Å². The molecule has 11 heteroatoms. The highest BCUT2D eigenvalue weighted by Crippen LogP contribution is 2.36. The second kappa shape index (κ2) is 7.10. The number of hydrogen-bond acceptors (Lipinski definition) is 4. The van der Waals surface area contributed by atoms with E-state index in [0.29, 0.717) is 18.8 Å². The molecule has 1 aromatic heterocycles. The first-order chi connectivity index (χ1) is 12.6. The number of amides is 1. The van der Waals surface area contributed by atoms with Crippen LogP contribution in [0.2, 0.25) is 5.02 Å². The minimum atomic E-state index is -4.52. The molecule has 0 atom stereocenters. The quantitative estimate of drug-likeness (QED) is 0.800. The van der Waals surface area contributed by atoms with E-state index in [9.17, 15) is 27.6 Å². The van der Waals surface area contributed by atoms with Crippen molar-refractivity contribution in [3.63, 3.8) is 0 Å². The van der Waals surface area contributed by atoms with Gasteiger partial charge in [-0.2, -0.15) is 13.2 Å². The fourth-order valence-electron chi connectivity index (χ4n) is 2.85. The lowest BCUT2D eigenvalue weighted by molar-refractivity contribution is -0.137. The summed E-state index contributed by atoms with van der Waals surface area (Å²) in [6.07, 6.45) is -4.52. The van der Waals surface area contributed by atoms with Gasteiger partial charge in [0, 0.05) is 37.9 Å². The number of halogens is 4. The predicted octanol–water partition coefficient (Wildman–Crippen LogP) is 1.70. The lowest BCUT2D eigenvalue weighted by atomic mass is 10.1. The van der Waals surface area contributed by atoms with Crippen LogP contribution in [0.15, 0.2) is 33.9 Å². The first-order valence-corrected chi connectivity index (χ1v) is 8.27. The summed E-state index contributed by atoms with van der Waals surface area (Å²) in [6.45, 7) is 1.26. The van der Waals surface area contributed by atoms with Gasteiger partial charge in [0.1, 0.15) is 5.69 Å². The Labute approximate surface area is 155 Å². The molecule has 1 aliphatic heterocycles. The molecule has 1 fully saturated rings. The second-order valence-electron chi connectivity index (χ2n) is 5.94. The van der Waals surface area contributed by atoms with E-state index >= 15 is 0 Å². The standard InChI is InChI=1S/C16H14ClF3N4O3/c17-11-7-9(1-2-10(11)16(18,19)20)23-3-5-24(6-4-23)14(26)12-8-13(25)22-15(27)21-12/h1-2,7-8H,3-6H2,(H2,21,22,25,27). The number of nitrogens with zero attached hydrogens (tertiary/aromatic N) is 2. The zero-order valence-corrected chi connectivity index (χ0v) is 14.5. The number of hydrogen-bond donors (Lipinski definition) is 2. The molecule has 0 spiro atoms. The molecule has 0 radical (unpaired) electrons. The van der Waals surface area contributed by atoms with Gasteiger partial charge in [0.05, 0.1) is 10.6 Å². The van der Waals surface area contributed by atoms with E-state index in [0.717, 1.165) is 12.1 Å². The van der Waals surface area contributed by atoms with Crippen LogP contribution in [-0.4, -0.2) is 47.0 Å². The maximum Gasteiger partial charge on any atom is 0.417 e. The number of anilines is 1. The van der Waals surface area contributed by atoms with Crippen molar-refractivity contribution in [3.8, 4) is 0 Å². The number of aromatic amines is 2. The molecular weight excluding hydrogens is 389 g/mol. The number of carbonyl (C=O) groups is 1. The van der Waals surface area contributed by atoms with E-state index < -0.39 is 28.9 Å². The molecular formula is C16H14ClF3N4O3. The summed E-state index contributed by atoms with van der Waals surface area (Å²) in [5.74, 6) is -0.497. The van der Waals surface area contributed by atoms with Gasteiger partial charge in [0.25, 0.3) is 11.5 Å². The zero-order valence-electron chi connectivity index (χ0n) is 13.8. The molecule has 7 nitrogen and oxygen atoms in total. The molecule has 0 saturated carbocycles. The molecule has 2 aromatic rings. The summed E-state index contributed by atoms with van der Waals surface area (Å²) in [5, 5.41) is -0.389. The molecule has 3 rings (SSSR count). The van der Waals surface area contributed by atoms with Crippen LogP contribution < -0.4 is 16.1 Å². The highest BCUT2D eigenvalue weighted by molar-refractivity contribution is 6.31. The Morgan fingerprint density at radius 2 is 1.70 bits per heavy atom. The maximum atomic E-state index is 12.8. The van der Waals surface area contributed by atoms with Crippen LogP contribution in [0.3, 0.4) is 0 Å². The largest absolute Gasteiger partial charge is 0.417 e. The Balaban J connectivity index is 1.70. The van der Waals surface area contributed by atoms with Gasteiger partial charge in [-0.15, -0.1) is 0 Å². The van der Waals surface area contributed by atoms with Crippen molar-refractivity contribution in [2.24, 2.45) is 0 Å². The molecule has 0 bridgehead atoms. The van der Waals surface area contributed by atoms with Crippen LogP contribution in [0, 0.1) is 0 Å². The first kappa shape index (κ1) is 19.0. The van der Waals surface area contributed by atoms with Crippen LogP contribution in [0.5, 0.6) is 0 Å². The fourth-order valence-corrected chi connectivity index (χ4v) is 3.13. The number of benzene rings is 1. The van der Waals surface area contributed by atoms with Crippen molar-refractivity contribution in [3.05, 3.63) is 61.4 Å². The molecule has 1 aromatic carbocycles. The van der Waals surface area contributed by atoms with E-state index in [1.807, 2.05) is 4.98 Å². The van der Waals surface area contributed by atoms with Gasteiger partial charge < -0.3 is 14.8 Å². The molecule has 1 amide bonds. The molecule has 0 aliphatic carbocycles. The third kappa shape index (κ3) is 4.16. The van der Waals surface area contributed by atoms with E-state index in [4.69, 9.17) is 11.6 Å². The Morgan fingerprint density at radius 3 is 2.26 bits per heavy atom. The topological polar surface area (TPSA) is 89.3 Å². The van der Waals surface area contributed by atoms with Crippen molar-refractivity contribution >= 4 is 23.2 Å². The van der Waals surface area contributed by atoms with Crippen LogP contribution in [0.25, 0.3) is 0 Å². The average Bonchev–Trinajstić information content (AvgIpc) is 2.59. The third-order valence-electron chi connectivity index (χ3n) is 4.18.